The Hall–Kier alpha value is -1.36. The molecule has 2 aliphatic carbocycles. The lowest BCUT2D eigenvalue weighted by Gasteiger charge is -2.57. The summed E-state index contributed by atoms with van der Waals surface area (Å²) in [5.74, 6) is 0.198. The van der Waals surface area contributed by atoms with Crippen LogP contribution in [0.5, 0.6) is 0 Å². The minimum atomic E-state index is 0.198. The second-order valence-corrected chi connectivity index (χ2v) is 7.23. The van der Waals surface area contributed by atoms with Gasteiger partial charge < -0.3 is 9.64 Å². The molecule has 0 radical (unpaired) electrons. The number of nitrogens with one attached hydrogen (secondary N) is 1. The lowest BCUT2D eigenvalue weighted by atomic mass is 9.60. The number of likely N-dealkylation sites (N-methyl/N-ethyl adjacent to an activating group) is 1. The highest BCUT2D eigenvalue weighted by Crippen LogP contribution is 2.56. The van der Waals surface area contributed by atoms with E-state index in [1.54, 1.807) is 0 Å². The Morgan fingerprint density at radius 1 is 1.39 bits per heavy atom. The Balaban J connectivity index is 1.70. The second kappa shape index (κ2) is 6.27. The van der Waals surface area contributed by atoms with Gasteiger partial charge in [0, 0.05) is 36.4 Å². The van der Waals surface area contributed by atoms with E-state index >= 15 is 0 Å². The lowest BCUT2D eigenvalue weighted by molar-refractivity contribution is -0.172. The average Bonchev–Trinajstić information content (AvgIpc) is 3.14. The van der Waals surface area contributed by atoms with Gasteiger partial charge in [-0.3, -0.25) is 9.89 Å². The number of aromatic amines is 1. The second-order valence-electron chi connectivity index (χ2n) is 7.23. The summed E-state index contributed by atoms with van der Waals surface area (Å²) in [6, 6.07) is 0.335. The molecule has 0 bridgehead atoms. The monoisotopic (exact) mass is 319 g/mol. The fourth-order valence-corrected chi connectivity index (χ4v) is 4.68. The standard InChI is InChI=1S/C18H29N3O2/c1-5-23-16-11-15(18(16)8-6-7-9-18)21(4)17(22)10-14-12(2)19-20-13(14)3/h15-16H,5-11H2,1-4H3,(H,19,20)/t15-,16+/m1/s1. The molecule has 1 aromatic heterocycles. The van der Waals surface area contributed by atoms with Crippen LogP contribution in [0.3, 0.4) is 0 Å². The summed E-state index contributed by atoms with van der Waals surface area (Å²) in [6.45, 7) is 6.77. The van der Waals surface area contributed by atoms with E-state index in [-0.39, 0.29) is 11.3 Å². The summed E-state index contributed by atoms with van der Waals surface area (Å²) >= 11 is 0. The van der Waals surface area contributed by atoms with Gasteiger partial charge in [-0.1, -0.05) is 12.8 Å². The largest absolute Gasteiger partial charge is 0.378 e. The zero-order valence-electron chi connectivity index (χ0n) is 14.8. The highest BCUT2D eigenvalue weighted by molar-refractivity contribution is 5.79. The number of aromatic nitrogens is 2. The molecule has 0 aliphatic heterocycles. The van der Waals surface area contributed by atoms with Gasteiger partial charge in [-0.05, 0) is 40.0 Å². The Bertz CT molecular complexity index is 555. The predicted molar refractivity (Wildman–Crippen MR) is 89.3 cm³/mol. The van der Waals surface area contributed by atoms with Gasteiger partial charge >= 0.3 is 0 Å². The quantitative estimate of drug-likeness (QED) is 0.908. The molecule has 1 heterocycles. The number of hydrogen-bond donors (Lipinski definition) is 1. The van der Waals surface area contributed by atoms with Gasteiger partial charge in [0.2, 0.25) is 5.91 Å². The van der Waals surface area contributed by atoms with E-state index in [1.165, 1.54) is 25.7 Å². The molecule has 5 nitrogen and oxygen atoms in total. The zero-order valence-corrected chi connectivity index (χ0v) is 14.8. The van der Waals surface area contributed by atoms with Gasteiger partial charge in [-0.25, -0.2) is 0 Å². The molecule has 0 aromatic carbocycles. The van der Waals surface area contributed by atoms with Gasteiger partial charge in [0.15, 0.2) is 0 Å². The van der Waals surface area contributed by atoms with Crippen LogP contribution in [-0.4, -0.2) is 46.8 Å². The van der Waals surface area contributed by atoms with Crippen molar-refractivity contribution in [1.29, 1.82) is 0 Å². The average molecular weight is 319 g/mol. The van der Waals surface area contributed by atoms with Crippen molar-refractivity contribution in [3.63, 3.8) is 0 Å². The third-order valence-corrected chi connectivity index (χ3v) is 6.11. The summed E-state index contributed by atoms with van der Waals surface area (Å²) in [4.78, 5) is 14.8. The normalized spacial score (nSPS) is 25.6. The van der Waals surface area contributed by atoms with Gasteiger partial charge in [0.05, 0.1) is 18.2 Å². The van der Waals surface area contributed by atoms with Crippen molar-refractivity contribution in [2.75, 3.05) is 13.7 Å². The van der Waals surface area contributed by atoms with Crippen molar-refractivity contribution in [1.82, 2.24) is 15.1 Å². The van der Waals surface area contributed by atoms with Crippen LogP contribution < -0.4 is 0 Å². The summed E-state index contributed by atoms with van der Waals surface area (Å²) in [5.41, 5.74) is 3.19. The Labute approximate surface area is 138 Å². The molecule has 5 heteroatoms. The molecule has 0 saturated heterocycles. The van der Waals surface area contributed by atoms with E-state index in [2.05, 4.69) is 17.1 Å². The van der Waals surface area contributed by atoms with E-state index in [4.69, 9.17) is 4.74 Å². The highest BCUT2D eigenvalue weighted by atomic mass is 16.5. The van der Waals surface area contributed by atoms with E-state index < -0.39 is 0 Å². The summed E-state index contributed by atoms with van der Waals surface area (Å²) in [5, 5.41) is 7.17. The minimum Gasteiger partial charge on any atom is -0.378 e. The number of ether oxygens (including phenoxy) is 1. The summed E-state index contributed by atoms with van der Waals surface area (Å²) in [6.07, 6.45) is 6.70. The third-order valence-electron chi connectivity index (χ3n) is 6.11. The molecular weight excluding hydrogens is 290 g/mol. The van der Waals surface area contributed by atoms with Crippen molar-refractivity contribution < 1.29 is 9.53 Å². The molecule has 0 unspecified atom stereocenters. The van der Waals surface area contributed by atoms with Gasteiger partial charge in [-0.15, -0.1) is 0 Å². The lowest BCUT2D eigenvalue weighted by Crippen LogP contribution is -2.64. The fourth-order valence-electron chi connectivity index (χ4n) is 4.68. The van der Waals surface area contributed by atoms with E-state index in [9.17, 15) is 4.79 Å². The number of carbonyl (C=O) groups excluding carboxylic acids is 1. The Morgan fingerprint density at radius 3 is 2.65 bits per heavy atom. The third kappa shape index (κ3) is 2.69. The first-order chi connectivity index (χ1) is 11.0. The number of amides is 1. The molecule has 2 aliphatic rings. The molecule has 2 saturated carbocycles. The zero-order chi connectivity index (χ0) is 16.6. The maximum atomic E-state index is 12.8. The molecule has 1 amide bonds. The maximum Gasteiger partial charge on any atom is 0.227 e. The molecule has 1 spiro atoms. The molecule has 23 heavy (non-hydrogen) atoms. The number of hydrogen-bond acceptors (Lipinski definition) is 3. The van der Waals surface area contributed by atoms with Crippen LogP contribution >= 0.6 is 0 Å². The molecule has 128 valence electrons. The van der Waals surface area contributed by atoms with Crippen LogP contribution in [0.2, 0.25) is 0 Å². The first-order valence-electron chi connectivity index (χ1n) is 8.87. The molecular formula is C18H29N3O2. The number of aryl methyl sites for hydroxylation is 2. The highest BCUT2D eigenvalue weighted by Gasteiger charge is 2.58. The topological polar surface area (TPSA) is 58.2 Å². The number of H-pyrrole nitrogens is 1. The van der Waals surface area contributed by atoms with Crippen LogP contribution in [0.25, 0.3) is 0 Å². The van der Waals surface area contributed by atoms with Crippen molar-refractivity contribution >= 4 is 5.91 Å². The number of rotatable bonds is 5. The molecule has 1 aromatic rings. The van der Waals surface area contributed by atoms with Crippen LogP contribution in [0.15, 0.2) is 0 Å². The predicted octanol–water partition coefficient (Wildman–Crippen LogP) is 2.77. The number of nitrogens with zero attached hydrogens (tertiary/aromatic N) is 2. The van der Waals surface area contributed by atoms with Gasteiger partial charge in [-0.2, -0.15) is 5.10 Å². The smallest absolute Gasteiger partial charge is 0.227 e. The first kappa shape index (κ1) is 16.5. The summed E-state index contributed by atoms with van der Waals surface area (Å²) in [7, 11) is 1.97. The maximum absolute atomic E-state index is 12.8. The van der Waals surface area contributed by atoms with Crippen LogP contribution in [-0.2, 0) is 16.0 Å². The van der Waals surface area contributed by atoms with Crippen LogP contribution in [0.4, 0.5) is 0 Å². The van der Waals surface area contributed by atoms with E-state index in [1.807, 2.05) is 25.8 Å². The van der Waals surface area contributed by atoms with Crippen molar-refractivity contribution in [3.05, 3.63) is 17.0 Å². The van der Waals surface area contributed by atoms with Gasteiger partial charge in [0.1, 0.15) is 0 Å². The SMILES string of the molecule is CCO[C@H]1C[C@@H](N(C)C(=O)Cc2c(C)n[nH]c2C)C12CCCC2. The molecule has 2 atom stereocenters. The van der Waals surface area contributed by atoms with Gasteiger partial charge in [0.25, 0.3) is 0 Å². The fraction of sp³-hybridized carbons (Fsp3) is 0.778. The summed E-state index contributed by atoms with van der Waals surface area (Å²) < 4.78 is 5.97. The van der Waals surface area contributed by atoms with Crippen LogP contribution in [0, 0.1) is 19.3 Å². The Morgan fingerprint density at radius 2 is 2.09 bits per heavy atom. The van der Waals surface area contributed by atoms with E-state index in [0.717, 1.165) is 30.0 Å². The Kier molecular flexibility index (Phi) is 4.50. The molecule has 2 fully saturated rings. The van der Waals surface area contributed by atoms with Crippen molar-refractivity contribution in [2.24, 2.45) is 5.41 Å². The van der Waals surface area contributed by atoms with Crippen molar-refractivity contribution in [3.8, 4) is 0 Å². The number of carbonyl (C=O) groups is 1. The van der Waals surface area contributed by atoms with Crippen molar-refractivity contribution in [2.45, 2.75) is 71.4 Å². The van der Waals surface area contributed by atoms with E-state index in [0.29, 0.717) is 18.6 Å². The minimum absolute atomic E-state index is 0.198. The first-order valence-corrected chi connectivity index (χ1v) is 8.87. The molecule has 1 N–H and O–H groups in total. The molecule has 3 rings (SSSR count). The van der Waals surface area contributed by atoms with Crippen LogP contribution in [0.1, 0.15) is 56.0 Å².